The Labute approximate surface area is 174 Å². The molecule has 0 spiro atoms. The van der Waals surface area contributed by atoms with E-state index in [4.69, 9.17) is 9.47 Å². The van der Waals surface area contributed by atoms with Gasteiger partial charge in [0.05, 0.1) is 18.8 Å². The van der Waals surface area contributed by atoms with E-state index in [-0.39, 0.29) is 11.9 Å². The summed E-state index contributed by atoms with van der Waals surface area (Å²) in [6.45, 7) is 8.76. The third-order valence-electron chi connectivity index (χ3n) is 5.68. The van der Waals surface area contributed by atoms with Crippen molar-refractivity contribution in [2.75, 3.05) is 13.2 Å². The molecule has 4 nitrogen and oxygen atoms in total. The SMILES string of the molecule is C=CCCCCOC(=O)C1=C(C)NC2=C(CCCC2)C1c1ccccc1OCC. The minimum atomic E-state index is -0.220. The molecule has 0 aromatic heterocycles. The lowest BCUT2D eigenvalue weighted by atomic mass is 9.75. The molecule has 1 heterocycles. The topological polar surface area (TPSA) is 47.6 Å². The van der Waals surface area contributed by atoms with E-state index in [9.17, 15) is 4.79 Å². The summed E-state index contributed by atoms with van der Waals surface area (Å²) in [5, 5.41) is 3.52. The van der Waals surface area contributed by atoms with Gasteiger partial charge in [-0.05, 0) is 70.4 Å². The van der Waals surface area contributed by atoms with E-state index in [0.29, 0.717) is 13.2 Å². The van der Waals surface area contributed by atoms with Crippen molar-refractivity contribution in [2.45, 2.75) is 64.7 Å². The van der Waals surface area contributed by atoms with E-state index in [1.54, 1.807) is 0 Å². The monoisotopic (exact) mass is 395 g/mol. The first-order chi connectivity index (χ1) is 14.2. The molecule has 29 heavy (non-hydrogen) atoms. The van der Waals surface area contributed by atoms with Gasteiger partial charge in [0.2, 0.25) is 0 Å². The number of unbranched alkanes of at least 4 members (excludes halogenated alkanes) is 2. The second kappa shape index (κ2) is 10.3. The molecule has 4 heteroatoms. The first-order valence-electron chi connectivity index (χ1n) is 10.9. The van der Waals surface area contributed by atoms with Gasteiger partial charge < -0.3 is 14.8 Å². The van der Waals surface area contributed by atoms with Gasteiger partial charge in [0.25, 0.3) is 0 Å². The summed E-state index contributed by atoms with van der Waals surface area (Å²) >= 11 is 0. The molecule has 2 aliphatic rings. The number of dihydropyridines is 1. The van der Waals surface area contributed by atoms with Gasteiger partial charge in [-0.1, -0.05) is 24.3 Å². The van der Waals surface area contributed by atoms with Gasteiger partial charge in [0.1, 0.15) is 5.75 Å². The Morgan fingerprint density at radius 2 is 2.03 bits per heavy atom. The number of hydrogen-bond donors (Lipinski definition) is 1. The van der Waals surface area contributed by atoms with Crippen molar-refractivity contribution in [3.05, 3.63) is 65.0 Å². The summed E-state index contributed by atoms with van der Waals surface area (Å²) in [6.07, 6.45) is 9.04. The number of benzene rings is 1. The molecular weight excluding hydrogens is 362 g/mol. The molecule has 156 valence electrons. The first-order valence-corrected chi connectivity index (χ1v) is 10.9. The summed E-state index contributed by atoms with van der Waals surface area (Å²) in [7, 11) is 0. The second-order valence-corrected chi connectivity index (χ2v) is 7.70. The largest absolute Gasteiger partial charge is 0.494 e. The minimum absolute atomic E-state index is 0.102. The summed E-state index contributed by atoms with van der Waals surface area (Å²) in [5.74, 6) is 0.528. The number of para-hydroxylation sites is 1. The predicted molar refractivity (Wildman–Crippen MR) is 117 cm³/mol. The van der Waals surface area contributed by atoms with Gasteiger partial charge in [0.15, 0.2) is 0 Å². The summed E-state index contributed by atoms with van der Waals surface area (Å²) in [4.78, 5) is 13.2. The lowest BCUT2D eigenvalue weighted by Crippen LogP contribution is -2.31. The van der Waals surface area contributed by atoms with Crippen LogP contribution >= 0.6 is 0 Å². The summed E-state index contributed by atoms with van der Waals surface area (Å²) < 4.78 is 11.6. The minimum Gasteiger partial charge on any atom is -0.494 e. The van der Waals surface area contributed by atoms with E-state index in [1.165, 1.54) is 17.7 Å². The van der Waals surface area contributed by atoms with Crippen LogP contribution in [0.25, 0.3) is 0 Å². The number of nitrogens with one attached hydrogen (secondary N) is 1. The van der Waals surface area contributed by atoms with Crippen LogP contribution in [0.2, 0.25) is 0 Å². The van der Waals surface area contributed by atoms with Crippen LogP contribution in [-0.4, -0.2) is 19.2 Å². The predicted octanol–water partition coefficient (Wildman–Crippen LogP) is 5.77. The fourth-order valence-corrected chi connectivity index (χ4v) is 4.33. The van der Waals surface area contributed by atoms with E-state index in [0.717, 1.165) is 61.1 Å². The highest BCUT2D eigenvalue weighted by molar-refractivity contribution is 5.93. The van der Waals surface area contributed by atoms with Gasteiger partial charge in [-0.15, -0.1) is 6.58 Å². The average molecular weight is 396 g/mol. The maximum absolute atomic E-state index is 13.2. The lowest BCUT2D eigenvalue weighted by molar-refractivity contribution is -0.139. The molecule has 1 atom stereocenters. The maximum Gasteiger partial charge on any atom is 0.336 e. The molecule has 1 aliphatic heterocycles. The van der Waals surface area contributed by atoms with Crippen molar-refractivity contribution in [1.29, 1.82) is 0 Å². The number of rotatable bonds is 9. The Bertz CT molecular complexity index is 806. The fraction of sp³-hybridized carbons (Fsp3) is 0.480. The normalized spacial score (nSPS) is 18.8. The quantitative estimate of drug-likeness (QED) is 0.327. The summed E-state index contributed by atoms with van der Waals surface area (Å²) in [6, 6.07) is 8.10. The number of esters is 1. The third kappa shape index (κ3) is 4.92. The Kier molecular flexibility index (Phi) is 7.56. The van der Waals surface area contributed by atoms with E-state index in [1.807, 2.05) is 38.1 Å². The highest BCUT2D eigenvalue weighted by Gasteiger charge is 2.36. The van der Waals surface area contributed by atoms with Gasteiger partial charge >= 0.3 is 5.97 Å². The van der Waals surface area contributed by atoms with Crippen LogP contribution in [0.5, 0.6) is 5.75 Å². The number of ether oxygens (including phenoxy) is 2. The Hall–Kier alpha value is -2.49. The Morgan fingerprint density at radius 1 is 1.24 bits per heavy atom. The Morgan fingerprint density at radius 3 is 2.83 bits per heavy atom. The third-order valence-corrected chi connectivity index (χ3v) is 5.68. The molecule has 0 radical (unpaired) electrons. The number of allylic oxidation sites excluding steroid dienone is 4. The standard InChI is InChI=1S/C25H33NO3/c1-4-6-7-12-17-29-25(27)23-18(3)26-21-15-10-8-13-19(21)24(23)20-14-9-11-16-22(20)28-5-2/h4,9,11,14,16,24,26H,1,5-8,10,12-13,15,17H2,2-3H3. The van der Waals surface area contributed by atoms with Crippen LogP contribution in [0.1, 0.15) is 70.3 Å². The van der Waals surface area contributed by atoms with Gasteiger partial charge in [-0.3, -0.25) is 0 Å². The van der Waals surface area contributed by atoms with Crippen molar-refractivity contribution in [2.24, 2.45) is 0 Å². The van der Waals surface area contributed by atoms with Crippen LogP contribution in [0.4, 0.5) is 0 Å². The molecule has 1 aliphatic carbocycles. The molecule has 1 N–H and O–H groups in total. The van der Waals surface area contributed by atoms with Crippen molar-refractivity contribution >= 4 is 5.97 Å². The Balaban J connectivity index is 1.93. The maximum atomic E-state index is 13.2. The van der Waals surface area contributed by atoms with Crippen LogP contribution in [0, 0.1) is 0 Å². The van der Waals surface area contributed by atoms with Crippen molar-refractivity contribution in [3.63, 3.8) is 0 Å². The smallest absolute Gasteiger partial charge is 0.336 e. The zero-order chi connectivity index (χ0) is 20.6. The second-order valence-electron chi connectivity index (χ2n) is 7.70. The first kappa shape index (κ1) is 21.2. The van der Waals surface area contributed by atoms with Crippen LogP contribution in [0.15, 0.2) is 59.5 Å². The van der Waals surface area contributed by atoms with Crippen LogP contribution < -0.4 is 10.1 Å². The molecule has 1 unspecified atom stereocenters. The molecule has 3 rings (SSSR count). The van der Waals surface area contributed by atoms with Gasteiger partial charge in [-0.2, -0.15) is 0 Å². The van der Waals surface area contributed by atoms with E-state index in [2.05, 4.69) is 18.0 Å². The lowest BCUT2D eigenvalue weighted by Gasteiger charge is -2.35. The molecular formula is C25H33NO3. The van der Waals surface area contributed by atoms with E-state index >= 15 is 0 Å². The van der Waals surface area contributed by atoms with Crippen molar-refractivity contribution in [1.82, 2.24) is 5.32 Å². The van der Waals surface area contributed by atoms with Crippen LogP contribution in [-0.2, 0) is 9.53 Å². The van der Waals surface area contributed by atoms with Crippen LogP contribution in [0.3, 0.4) is 0 Å². The molecule has 0 amide bonds. The van der Waals surface area contributed by atoms with Gasteiger partial charge in [0, 0.05) is 22.9 Å². The zero-order valence-corrected chi connectivity index (χ0v) is 17.8. The molecule has 0 fully saturated rings. The zero-order valence-electron chi connectivity index (χ0n) is 17.8. The fourth-order valence-electron chi connectivity index (χ4n) is 4.33. The summed E-state index contributed by atoms with van der Waals surface area (Å²) in [5.41, 5.74) is 5.27. The molecule has 0 saturated heterocycles. The molecule has 0 bridgehead atoms. The molecule has 1 aromatic rings. The highest BCUT2D eigenvalue weighted by atomic mass is 16.5. The highest BCUT2D eigenvalue weighted by Crippen LogP contribution is 2.46. The van der Waals surface area contributed by atoms with Crippen molar-refractivity contribution < 1.29 is 14.3 Å². The number of carbonyl (C=O) groups excluding carboxylic acids is 1. The van der Waals surface area contributed by atoms with Gasteiger partial charge in [-0.25, -0.2) is 4.79 Å². The molecule has 1 aromatic carbocycles. The van der Waals surface area contributed by atoms with Crippen molar-refractivity contribution in [3.8, 4) is 5.75 Å². The number of hydrogen-bond acceptors (Lipinski definition) is 4. The number of carbonyl (C=O) groups is 1. The molecule has 0 saturated carbocycles. The average Bonchev–Trinajstić information content (AvgIpc) is 2.73. The van der Waals surface area contributed by atoms with E-state index < -0.39 is 0 Å².